The third-order valence-corrected chi connectivity index (χ3v) is 4.17. The van der Waals surface area contributed by atoms with E-state index in [4.69, 9.17) is 0 Å². The van der Waals surface area contributed by atoms with Crippen molar-refractivity contribution >= 4 is 17.5 Å². The minimum atomic E-state index is -0.393. The molecule has 2 rings (SSSR count). The molecule has 1 atom stereocenters. The number of benzene rings is 1. The van der Waals surface area contributed by atoms with Crippen molar-refractivity contribution < 1.29 is 9.59 Å². The van der Waals surface area contributed by atoms with Gasteiger partial charge in [0, 0.05) is 31.2 Å². The molecule has 22 heavy (non-hydrogen) atoms. The monoisotopic (exact) mass is 302 g/mol. The summed E-state index contributed by atoms with van der Waals surface area (Å²) in [5, 5.41) is 0. The zero-order valence-corrected chi connectivity index (χ0v) is 14.0. The summed E-state index contributed by atoms with van der Waals surface area (Å²) >= 11 is 0. The van der Waals surface area contributed by atoms with E-state index in [-0.39, 0.29) is 17.7 Å². The Kier molecular flexibility index (Phi) is 4.89. The molecule has 1 heterocycles. The number of amides is 2. The van der Waals surface area contributed by atoms with Gasteiger partial charge >= 0.3 is 0 Å². The predicted octanol–water partition coefficient (Wildman–Crippen LogP) is 2.93. The normalized spacial score (nSPS) is 18.9. The van der Waals surface area contributed by atoms with Gasteiger partial charge in [0.1, 0.15) is 0 Å². The molecule has 4 nitrogen and oxygen atoms in total. The number of likely N-dealkylation sites (tertiary alicyclic amines) is 1. The SMILES string of the molecule is CN(C(=O)[C@H]1CCCN(C(=O)C(C)(C)C)C1)c1ccccc1. The lowest BCUT2D eigenvalue weighted by molar-refractivity contribution is -0.142. The van der Waals surface area contributed by atoms with Crippen molar-refractivity contribution in [1.82, 2.24) is 4.90 Å². The van der Waals surface area contributed by atoms with E-state index in [1.54, 1.807) is 4.90 Å². The lowest BCUT2D eigenvalue weighted by Gasteiger charge is -2.37. The summed E-state index contributed by atoms with van der Waals surface area (Å²) in [4.78, 5) is 28.7. The standard InChI is InChI=1S/C18H26N2O2/c1-18(2,3)17(22)20-12-8-9-14(13-20)16(21)19(4)15-10-6-5-7-11-15/h5-7,10-11,14H,8-9,12-13H2,1-4H3/t14-/m0/s1. The van der Waals surface area contributed by atoms with Gasteiger partial charge in [-0.15, -0.1) is 0 Å². The highest BCUT2D eigenvalue weighted by molar-refractivity contribution is 5.95. The van der Waals surface area contributed by atoms with Crippen molar-refractivity contribution in [1.29, 1.82) is 0 Å². The van der Waals surface area contributed by atoms with Gasteiger partial charge in [0.2, 0.25) is 11.8 Å². The highest BCUT2D eigenvalue weighted by Crippen LogP contribution is 2.25. The summed E-state index contributed by atoms with van der Waals surface area (Å²) in [6, 6.07) is 9.65. The van der Waals surface area contributed by atoms with Crippen LogP contribution in [0.25, 0.3) is 0 Å². The molecule has 1 aromatic carbocycles. The number of hydrogen-bond acceptors (Lipinski definition) is 2. The minimum absolute atomic E-state index is 0.0950. The predicted molar refractivity (Wildman–Crippen MR) is 88.6 cm³/mol. The quantitative estimate of drug-likeness (QED) is 0.843. The minimum Gasteiger partial charge on any atom is -0.341 e. The van der Waals surface area contributed by atoms with Crippen LogP contribution in [0.4, 0.5) is 5.69 Å². The Labute approximate surface area is 133 Å². The maximum absolute atomic E-state index is 12.7. The van der Waals surface area contributed by atoms with Gasteiger partial charge < -0.3 is 9.80 Å². The van der Waals surface area contributed by atoms with Gasteiger partial charge in [-0.25, -0.2) is 0 Å². The second-order valence-electron chi connectivity index (χ2n) is 7.07. The zero-order valence-electron chi connectivity index (χ0n) is 14.0. The van der Waals surface area contributed by atoms with Crippen molar-refractivity contribution in [3.05, 3.63) is 30.3 Å². The number of nitrogens with zero attached hydrogens (tertiary/aromatic N) is 2. The van der Waals surface area contributed by atoms with Gasteiger partial charge in [0.25, 0.3) is 0 Å². The lowest BCUT2D eigenvalue weighted by Crippen LogP contribution is -2.49. The van der Waals surface area contributed by atoms with Crippen LogP contribution in [0, 0.1) is 11.3 Å². The third kappa shape index (κ3) is 3.67. The number of carbonyl (C=O) groups excluding carboxylic acids is 2. The third-order valence-electron chi connectivity index (χ3n) is 4.17. The first-order valence-electron chi connectivity index (χ1n) is 7.92. The fourth-order valence-corrected chi connectivity index (χ4v) is 2.89. The molecule has 1 saturated heterocycles. The van der Waals surface area contributed by atoms with Crippen LogP contribution in [-0.2, 0) is 9.59 Å². The number of para-hydroxylation sites is 1. The molecular formula is C18H26N2O2. The second kappa shape index (κ2) is 6.51. The van der Waals surface area contributed by atoms with Crippen LogP contribution in [0.2, 0.25) is 0 Å². The van der Waals surface area contributed by atoms with Gasteiger partial charge in [-0.05, 0) is 25.0 Å². The molecule has 1 aromatic rings. The van der Waals surface area contributed by atoms with Crippen molar-refractivity contribution in [3.63, 3.8) is 0 Å². The average Bonchev–Trinajstić information content (AvgIpc) is 2.52. The molecule has 0 unspecified atom stereocenters. The smallest absolute Gasteiger partial charge is 0.231 e. The maximum atomic E-state index is 12.7. The van der Waals surface area contributed by atoms with Crippen LogP contribution >= 0.6 is 0 Å². The second-order valence-corrected chi connectivity index (χ2v) is 7.07. The first kappa shape index (κ1) is 16.5. The summed E-state index contributed by atoms with van der Waals surface area (Å²) in [5.74, 6) is 0.121. The molecular weight excluding hydrogens is 276 g/mol. The first-order valence-corrected chi connectivity index (χ1v) is 7.92. The molecule has 0 saturated carbocycles. The van der Waals surface area contributed by atoms with Crippen molar-refractivity contribution in [2.24, 2.45) is 11.3 Å². The summed E-state index contributed by atoms with van der Waals surface area (Å²) < 4.78 is 0. The van der Waals surface area contributed by atoms with E-state index >= 15 is 0 Å². The summed E-state index contributed by atoms with van der Waals surface area (Å²) in [6.45, 7) is 7.08. The van der Waals surface area contributed by atoms with E-state index in [2.05, 4.69) is 0 Å². The maximum Gasteiger partial charge on any atom is 0.231 e. The molecule has 120 valence electrons. The van der Waals surface area contributed by atoms with Gasteiger partial charge in [0.15, 0.2) is 0 Å². The Bertz CT molecular complexity index is 534. The van der Waals surface area contributed by atoms with Crippen LogP contribution < -0.4 is 4.90 Å². The lowest BCUT2D eigenvalue weighted by atomic mass is 9.90. The Morgan fingerprint density at radius 1 is 1.18 bits per heavy atom. The molecule has 0 bridgehead atoms. The average molecular weight is 302 g/mol. The number of hydrogen-bond donors (Lipinski definition) is 0. The molecule has 0 N–H and O–H groups in total. The van der Waals surface area contributed by atoms with Crippen LogP contribution in [-0.4, -0.2) is 36.9 Å². The van der Waals surface area contributed by atoms with Gasteiger partial charge in [0.05, 0.1) is 5.92 Å². The molecule has 0 aliphatic carbocycles. The Morgan fingerprint density at radius 2 is 1.82 bits per heavy atom. The van der Waals surface area contributed by atoms with Gasteiger partial charge in [-0.1, -0.05) is 39.0 Å². The van der Waals surface area contributed by atoms with E-state index in [0.717, 1.165) is 25.1 Å². The Morgan fingerprint density at radius 3 is 2.41 bits per heavy atom. The van der Waals surface area contributed by atoms with Crippen LogP contribution in [0.1, 0.15) is 33.6 Å². The van der Waals surface area contributed by atoms with E-state index in [1.807, 2.05) is 63.1 Å². The molecule has 0 radical (unpaired) electrons. The molecule has 2 amide bonds. The fourth-order valence-electron chi connectivity index (χ4n) is 2.89. The van der Waals surface area contributed by atoms with E-state index < -0.39 is 5.41 Å². The summed E-state index contributed by atoms with van der Waals surface area (Å²) in [7, 11) is 1.81. The topological polar surface area (TPSA) is 40.6 Å². The highest BCUT2D eigenvalue weighted by atomic mass is 16.2. The van der Waals surface area contributed by atoms with Crippen LogP contribution in [0.15, 0.2) is 30.3 Å². The van der Waals surface area contributed by atoms with Crippen molar-refractivity contribution in [3.8, 4) is 0 Å². The molecule has 0 spiro atoms. The molecule has 0 aromatic heterocycles. The van der Waals surface area contributed by atoms with E-state index in [1.165, 1.54) is 0 Å². The number of rotatable bonds is 2. The van der Waals surface area contributed by atoms with Crippen LogP contribution in [0.3, 0.4) is 0 Å². The number of piperidine rings is 1. The van der Waals surface area contributed by atoms with Crippen molar-refractivity contribution in [2.45, 2.75) is 33.6 Å². The highest BCUT2D eigenvalue weighted by Gasteiger charge is 2.34. The molecule has 4 heteroatoms. The summed E-state index contributed by atoms with van der Waals surface area (Å²) in [5.41, 5.74) is 0.503. The van der Waals surface area contributed by atoms with Gasteiger partial charge in [-0.3, -0.25) is 9.59 Å². The zero-order chi connectivity index (χ0) is 16.3. The molecule has 1 aliphatic rings. The van der Waals surface area contributed by atoms with Crippen LogP contribution in [0.5, 0.6) is 0 Å². The molecule has 1 fully saturated rings. The Hall–Kier alpha value is -1.84. The first-order chi connectivity index (χ1) is 10.3. The summed E-state index contributed by atoms with van der Waals surface area (Å²) in [6.07, 6.45) is 1.74. The van der Waals surface area contributed by atoms with E-state index in [9.17, 15) is 9.59 Å². The van der Waals surface area contributed by atoms with Gasteiger partial charge in [-0.2, -0.15) is 0 Å². The molecule has 1 aliphatic heterocycles. The fraction of sp³-hybridized carbons (Fsp3) is 0.556. The largest absolute Gasteiger partial charge is 0.341 e. The van der Waals surface area contributed by atoms with E-state index in [0.29, 0.717) is 6.54 Å². The Balaban J connectivity index is 2.06. The van der Waals surface area contributed by atoms with Crippen molar-refractivity contribution in [2.75, 3.05) is 25.0 Å². The number of anilines is 1. The number of carbonyl (C=O) groups is 2.